The minimum Gasteiger partial charge on any atom is -0.462 e. The zero-order chi connectivity index (χ0) is 7.40. The SMILES string of the molecule is CC(=O)OC1=COC=CO1. The highest BCUT2D eigenvalue weighted by Gasteiger charge is 2.04. The molecular formula is C6H6O4. The molecule has 0 bridgehead atoms. The van der Waals surface area contributed by atoms with Gasteiger partial charge in [0.15, 0.2) is 6.26 Å². The average molecular weight is 142 g/mol. The topological polar surface area (TPSA) is 44.8 Å². The molecule has 0 unspecified atom stereocenters. The Kier molecular flexibility index (Phi) is 1.94. The van der Waals surface area contributed by atoms with Gasteiger partial charge >= 0.3 is 11.9 Å². The molecule has 4 nitrogen and oxygen atoms in total. The molecule has 54 valence electrons. The maximum Gasteiger partial charge on any atom is 0.329 e. The van der Waals surface area contributed by atoms with Gasteiger partial charge in [0, 0.05) is 6.92 Å². The van der Waals surface area contributed by atoms with Gasteiger partial charge in [0.25, 0.3) is 0 Å². The Morgan fingerprint density at radius 1 is 1.60 bits per heavy atom. The zero-order valence-corrected chi connectivity index (χ0v) is 5.37. The first-order chi connectivity index (χ1) is 4.79. The van der Waals surface area contributed by atoms with Crippen molar-refractivity contribution in [2.45, 2.75) is 6.92 Å². The molecule has 10 heavy (non-hydrogen) atoms. The normalized spacial score (nSPS) is 14.7. The van der Waals surface area contributed by atoms with E-state index in [1.165, 1.54) is 25.7 Å². The van der Waals surface area contributed by atoms with Gasteiger partial charge in [0.2, 0.25) is 0 Å². The zero-order valence-electron chi connectivity index (χ0n) is 5.37. The van der Waals surface area contributed by atoms with Crippen LogP contribution in [0.25, 0.3) is 0 Å². The molecule has 0 amide bonds. The van der Waals surface area contributed by atoms with Crippen LogP contribution < -0.4 is 0 Å². The van der Waals surface area contributed by atoms with Gasteiger partial charge in [-0.15, -0.1) is 0 Å². The number of ether oxygens (including phenoxy) is 3. The molecule has 0 atom stereocenters. The van der Waals surface area contributed by atoms with Crippen molar-refractivity contribution >= 4 is 5.97 Å². The first-order valence-corrected chi connectivity index (χ1v) is 2.65. The highest BCUT2D eigenvalue weighted by atomic mass is 16.7. The Morgan fingerprint density at radius 2 is 2.40 bits per heavy atom. The molecule has 0 aromatic rings. The van der Waals surface area contributed by atoms with Crippen LogP contribution >= 0.6 is 0 Å². The quantitative estimate of drug-likeness (QED) is 0.509. The molecule has 0 radical (unpaired) electrons. The van der Waals surface area contributed by atoms with Crippen molar-refractivity contribution < 1.29 is 19.0 Å². The summed E-state index contributed by atoms with van der Waals surface area (Å²) >= 11 is 0. The van der Waals surface area contributed by atoms with Crippen molar-refractivity contribution in [2.24, 2.45) is 0 Å². The van der Waals surface area contributed by atoms with Crippen LogP contribution in [0, 0.1) is 0 Å². The van der Waals surface area contributed by atoms with Gasteiger partial charge in [-0.05, 0) is 0 Å². The number of carbonyl (C=O) groups is 1. The van der Waals surface area contributed by atoms with E-state index in [2.05, 4.69) is 9.47 Å². The second kappa shape index (κ2) is 2.91. The van der Waals surface area contributed by atoms with Crippen LogP contribution in [0.4, 0.5) is 0 Å². The predicted octanol–water partition coefficient (Wildman–Crippen LogP) is 0.866. The summed E-state index contributed by atoms with van der Waals surface area (Å²) in [6.07, 6.45) is 3.80. The maximum absolute atomic E-state index is 10.3. The van der Waals surface area contributed by atoms with Gasteiger partial charge < -0.3 is 14.2 Å². The average Bonchev–Trinajstić information content (AvgIpc) is 1.88. The molecule has 0 fully saturated rings. The standard InChI is InChI=1S/C6H6O4/c1-5(7)10-6-4-8-2-3-9-6/h2-4H,1H3. The summed E-state index contributed by atoms with van der Waals surface area (Å²) in [6, 6.07) is 0. The van der Waals surface area contributed by atoms with Crippen molar-refractivity contribution in [3.05, 3.63) is 24.7 Å². The lowest BCUT2D eigenvalue weighted by molar-refractivity contribution is -0.141. The Balaban J connectivity index is 2.41. The molecule has 0 aliphatic carbocycles. The van der Waals surface area contributed by atoms with E-state index in [-0.39, 0.29) is 5.95 Å². The summed E-state index contributed by atoms with van der Waals surface area (Å²) in [6.45, 7) is 1.28. The first kappa shape index (κ1) is 6.67. The van der Waals surface area contributed by atoms with Crippen molar-refractivity contribution in [1.29, 1.82) is 0 Å². The highest BCUT2D eigenvalue weighted by molar-refractivity contribution is 5.66. The summed E-state index contributed by atoms with van der Waals surface area (Å²) in [5.74, 6) is -0.389. The molecule has 0 saturated carbocycles. The van der Waals surface area contributed by atoms with E-state index >= 15 is 0 Å². The Labute approximate surface area is 57.7 Å². The number of esters is 1. The van der Waals surface area contributed by atoms with Gasteiger partial charge in [-0.1, -0.05) is 0 Å². The fourth-order valence-corrected chi connectivity index (χ4v) is 0.439. The summed E-state index contributed by atoms with van der Waals surface area (Å²) in [5, 5.41) is 0. The third-order valence-electron chi connectivity index (χ3n) is 0.727. The van der Waals surface area contributed by atoms with E-state index in [1.807, 2.05) is 0 Å². The second-order valence-corrected chi connectivity index (χ2v) is 1.56. The van der Waals surface area contributed by atoms with Crippen LogP contribution in [0.2, 0.25) is 0 Å². The molecule has 0 spiro atoms. The van der Waals surface area contributed by atoms with E-state index in [0.29, 0.717) is 0 Å². The van der Waals surface area contributed by atoms with E-state index < -0.39 is 5.97 Å². The van der Waals surface area contributed by atoms with Gasteiger partial charge in [0.1, 0.15) is 12.5 Å². The molecule has 0 N–H and O–H groups in total. The van der Waals surface area contributed by atoms with Crippen molar-refractivity contribution in [3.63, 3.8) is 0 Å². The Bertz CT molecular complexity index is 192. The Morgan fingerprint density at radius 3 is 2.90 bits per heavy atom. The molecule has 1 rings (SSSR count). The number of hydrogen-bond acceptors (Lipinski definition) is 4. The van der Waals surface area contributed by atoms with E-state index in [1.54, 1.807) is 0 Å². The van der Waals surface area contributed by atoms with Gasteiger partial charge in [-0.25, -0.2) is 0 Å². The fraction of sp³-hybridized carbons (Fsp3) is 0.167. The Hall–Kier alpha value is -1.45. The molecular weight excluding hydrogens is 136 g/mol. The third-order valence-corrected chi connectivity index (χ3v) is 0.727. The molecule has 1 heterocycles. The van der Waals surface area contributed by atoms with Crippen LogP contribution in [0.1, 0.15) is 6.92 Å². The minimum atomic E-state index is -0.440. The van der Waals surface area contributed by atoms with E-state index in [9.17, 15) is 4.79 Å². The smallest absolute Gasteiger partial charge is 0.329 e. The van der Waals surface area contributed by atoms with Crippen LogP contribution in [-0.2, 0) is 19.0 Å². The van der Waals surface area contributed by atoms with Crippen LogP contribution in [-0.4, -0.2) is 5.97 Å². The number of carbonyl (C=O) groups excluding carboxylic acids is 1. The summed E-state index contributed by atoms with van der Waals surface area (Å²) < 4.78 is 13.9. The van der Waals surface area contributed by atoms with Crippen molar-refractivity contribution in [2.75, 3.05) is 0 Å². The van der Waals surface area contributed by atoms with Crippen molar-refractivity contribution in [3.8, 4) is 0 Å². The fourth-order valence-electron chi connectivity index (χ4n) is 0.439. The van der Waals surface area contributed by atoms with Crippen LogP contribution in [0.3, 0.4) is 0 Å². The van der Waals surface area contributed by atoms with Gasteiger partial charge in [-0.2, -0.15) is 0 Å². The largest absolute Gasteiger partial charge is 0.462 e. The summed E-state index contributed by atoms with van der Waals surface area (Å²) in [5.41, 5.74) is 0. The lowest BCUT2D eigenvalue weighted by atomic mass is 10.8. The van der Waals surface area contributed by atoms with E-state index in [0.717, 1.165) is 0 Å². The van der Waals surface area contributed by atoms with Gasteiger partial charge in [0.05, 0.1) is 0 Å². The van der Waals surface area contributed by atoms with Gasteiger partial charge in [-0.3, -0.25) is 4.79 Å². The third kappa shape index (κ3) is 1.81. The minimum absolute atomic E-state index is 0.0509. The second-order valence-electron chi connectivity index (χ2n) is 1.56. The number of rotatable bonds is 1. The van der Waals surface area contributed by atoms with Crippen molar-refractivity contribution in [1.82, 2.24) is 0 Å². The van der Waals surface area contributed by atoms with Crippen LogP contribution in [0.5, 0.6) is 0 Å². The predicted molar refractivity (Wildman–Crippen MR) is 31.2 cm³/mol. The summed E-state index contributed by atoms with van der Waals surface area (Å²) in [7, 11) is 0. The van der Waals surface area contributed by atoms with Crippen LogP contribution in [0.15, 0.2) is 24.7 Å². The molecule has 0 saturated heterocycles. The highest BCUT2D eigenvalue weighted by Crippen LogP contribution is 2.06. The first-order valence-electron chi connectivity index (χ1n) is 2.65. The monoisotopic (exact) mass is 142 g/mol. The maximum atomic E-state index is 10.3. The summed E-state index contributed by atoms with van der Waals surface area (Å²) in [4.78, 5) is 10.3. The molecule has 1 aliphatic rings. The molecule has 4 heteroatoms. The lowest BCUT2D eigenvalue weighted by Gasteiger charge is -2.06. The molecule has 0 aromatic carbocycles. The van der Waals surface area contributed by atoms with E-state index in [4.69, 9.17) is 4.74 Å². The molecule has 1 aliphatic heterocycles. The lowest BCUT2D eigenvalue weighted by Crippen LogP contribution is -2.02. The molecule has 0 aromatic heterocycles. The number of hydrogen-bond donors (Lipinski definition) is 0.